The molecule has 4 heteroatoms. The number of benzene rings is 1. The number of carboxylic acids is 1. The second kappa shape index (κ2) is 3.14. The molecule has 0 aliphatic carbocycles. The largest absolute Gasteiger partial charge is 0.481 e. The van der Waals surface area contributed by atoms with E-state index in [1.165, 1.54) is 6.26 Å². The summed E-state index contributed by atoms with van der Waals surface area (Å²) in [7, 11) is 0. The highest BCUT2D eigenvalue weighted by molar-refractivity contribution is 5.87. The van der Waals surface area contributed by atoms with Crippen LogP contribution in [0.25, 0.3) is 10.9 Å². The fourth-order valence-corrected chi connectivity index (χ4v) is 1.40. The van der Waals surface area contributed by atoms with Crippen molar-refractivity contribution in [1.82, 2.24) is 5.16 Å². The van der Waals surface area contributed by atoms with Gasteiger partial charge in [0.2, 0.25) is 0 Å². The number of aliphatic carboxylic acids is 1. The van der Waals surface area contributed by atoms with Gasteiger partial charge in [0.05, 0.1) is 5.92 Å². The Morgan fingerprint density at radius 2 is 2.36 bits per heavy atom. The van der Waals surface area contributed by atoms with E-state index in [-0.39, 0.29) is 0 Å². The van der Waals surface area contributed by atoms with Gasteiger partial charge in [-0.05, 0) is 18.6 Å². The molecular weight excluding hydrogens is 182 g/mol. The molecule has 72 valence electrons. The third kappa shape index (κ3) is 1.25. The molecule has 2 aromatic rings. The standard InChI is InChI=1S/C10H9NO3/c1-6(10(12)13)8-4-2-3-7-5-14-11-9(7)8/h2-6H,1H3,(H,12,13). The Balaban J connectivity index is 2.61. The number of aromatic nitrogens is 1. The minimum atomic E-state index is -0.861. The van der Waals surface area contributed by atoms with Crippen LogP contribution in [0.15, 0.2) is 29.0 Å². The van der Waals surface area contributed by atoms with Crippen molar-refractivity contribution in [2.24, 2.45) is 0 Å². The maximum Gasteiger partial charge on any atom is 0.310 e. The average Bonchev–Trinajstić information content (AvgIpc) is 2.63. The van der Waals surface area contributed by atoms with E-state index in [1.54, 1.807) is 19.1 Å². The van der Waals surface area contributed by atoms with Crippen LogP contribution in [0.2, 0.25) is 0 Å². The molecule has 0 saturated heterocycles. The van der Waals surface area contributed by atoms with Crippen LogP contribution in [0, 0.1) is 0 Å². The summed E-state index contributed by atoms with van der Waals surface area (Å²) in [5, 5.41) is 13.5. The molecular formula is C10H9NO3. The van der Waals surface area contributed by atoms with E-state index in [9.17, 15) is 4.79 Å². The fraction of sp³-hybridized carbons (Fsp3) is 0.200. The summed E-state index contributed by atoms with van der Waals surface area (Å²) in [4.78, 5) is 10.8. The number of hydrogen-bond donors (Lipinski definition) is 1. The molecule has 1 aromatic carbocycles. The molecule has 0 aliphatic rings. The van der Waals surface area contributed by atoms with Gasteiger partial charge in [0, 0.05) is 5.39 Å². The first-order valence-electron chi connectivity index (χ1n) is 4.26. The summed E-state index contributed by atoms with van der Waals surface area (Å²) in [6.45, 7) is 1.63. The SMILES string of the molecule is CC(C(=O)O)c1cccc2conc12. The molecule has 0 radical (unpaired) electrons. The van der Waals surface area contributed by atoms with Crippen LogP contribution in [-0.2, 0) is 4.79 Å². The smallest absolute Gasteiger partial charge is 0.310 e. The van der Waals surface area contributed by atoms with Gasteiger partial charge in [-0.15, -0.1) is 0 Å². The van der Waals surface area contributed by atoms with E-state index in [2.05, 4.69) is 5.16 Å². The van der Waals surface area contributed by atoms with E-state index in [1.807, 2.05) is 6.07 Å². The first-order valence-corrected chi connectivity index (χ1v) is 4.26. The quantitative estimate of drug-likeness (QED) is 0.788. The zero-order chi connectivity index (χ0) is 10.1. The average molecular weight is 191 g/mol. The molecule has 0 spiro atoms. The summed E-state index contributed by atoms with van der Waals surface area (Å²) in [6, 6.07) is 5.39. The zero-order valence-electron chi connectivity index (χ0n) is 7.60. The van der Waals surface area contributed by atoms with Crippen LogP contribution in [0.4, 0.5) is 0 Å². The van der Waals surface area contributed by atoms with Crippen molar-refractivity contribution in [1.29, 1.82) is 0 Å². The van der Waals surface area contributed by atoms with Crippen molar-refractivity contribution in [3.8, 4) is 0 Å². The molecule has 1 N–H and O–H groups in total. The van der Waals surface area contributed by atoms with E-state index >= 15 is 0 Å². The van der Waals surface area contributed by atoms with Gasteiger partial charge in [0.1, 0.15) is 11.8 Å². The highest BCUT2D eigenvalue weighted by atomic mass is 16.5. The highest BCUT2D eigenvalue weighted by Gasteiger charge is 2.17. The van der Waals surface area contributed by atoms with Crippen molar-refractivity contribution >= 4 is 16.9 Å². The molecule has 1 atom stereocenters. The predicted octanol–water partition coefficient (Wildman–Crippen LogP) is 2.02. The molecule has 4 nitrogen and oxygen atoms in total. The molecule has 1 aromatic heterocycles. The summed E-state index contributed by atoms with van der Waals surface area (Å²) in [6.07, 6.45) is 1.51. The van der Waals surface area contributed by atoms with Crippen molar-refractivity contribution in [2.45, 2.75) is 12.8 Å². The van der Waals surface area contributed by atoms with Crippen molar-refractivity contribution in [3.05, 3.63) is 30.0 Å². The van der Waals surface area contributed by atoms with Gasteiger partial charge < -0.3 is 9.63 Å². The molecule has 2 rings (SSSR count). The van der Waals surface area contributed by atoms with Crippen LogP contribution < -0.4 is 0 Å². The van der Waals surface area contributed by atoms with Gasteiger partial charge in [0.15, 0.2) is 0 Å². The Kier molecular flexibility index (Phi) is 1.96. The van der Waals surface area contributed by atoms with Crippen LogP contribution >= 0.6 is 0 Å². The lowest BCUT2D eigenvalue weighted by atomic mass is 9.99. The Morgan fingerprint density at radius 3 is 3.07 bits per heavy atom. The van der Waals surface area contributed by atoms with E-state index in [0.717, 1.165) is 5.39 Å². The van der Waals surface area contributed by atoms with Gasteiger partial charge in [-0.3, -0.25) is 4.79 Å². The lowest BCUT2D eigenvalue weighted by Gasteiger charge is -2.05. The maximum atomic E-state index is 10.8. The molecule has 0 aliphatic heterocycles. The number of rotatable bonds is 2. The second-order valence-electron chi connectivity index (χ2n) is 3.16. The van der Waals surface area contributed by atoms with E-state index < -0.39 is 11.9 Å². The Bertz CT molecular complexity index is 475. The monoisotopic (exact) mass is 191 g/mol. The van der Waals surface area contributed by atoms with Crippen LogP contribution in [0.3, 0.4) is 0 Å². The van der Waals surface area contributed by atoms with Gasteiger partial charge in [-0.25, -0.2) is 0 Å². The van der Waals surface area contributed by atoms with Gasteiger partial charge >= 0.3 is 5.97 Å². The molecule has 0 saturated carbocycles. The summed E-state index contributed by atoms with van der Waals surface area (Å²) in [5.74, 6) is -1.43. The summed E-state index contributed by atoms with van der Waals surface area (Å²) >= 11 is 0. The number of fused-ring (bicyclic) bond motifs is 1. The molecule has 1 heterocycles. The van der Waals surface area contributed by atoms with Crippen LogP contribution in [0.5, 0.6) is 0 Å². The summed E-state index contributed by atoms with van der Waals surface area (Å²) in [5.41, 5.74) is 1.31. The first kappa shape index (κ1) is 8.74. The minimum absolute atomic E-state index is 0.566. The van der Waals surface area contributed by atoms with E-state index in [0.29, 0.717) is 11.1 Å². The van der Waals surface area contributed by atoms with Crippen molar-refractivity contribution in [2.75, 3.05) is 0 Å². The number of carbonyl (C=O) groups is 1. The minimum Gasteiger partial charge on any atom is -0.481 e. The van der Waals surface area contributed by atoms with Gasteiger partial charge in [-0.1, -0.05) is 17.3 Å². The molecule has 14 heavy (non-hydrogen) atoms. The maximum absolute atomic E-state index is 10.8. The van der Waals surface area contributed by atoms with E-state index in [4.69, 9.17) is 9.63 Å². The topological polar surface area (TPSA) is 63.3 Å². The van der Waals surface area contributed by atoms with Gasteiger partial charge in [0.25, 0.3) is 0 Å². The highest BCUT2D eigenvalue weighted by Crippen LogP contribution is 2.24. The third-order valence-electron chi connectivity index (χ3n) is 2.26. The predicted molar refractivity (Wildman–Crippen MR) is 50.1 cm³/mol. The molecule has 0 fully saturated rings. The lowest BCUT2D eigenvalue weighted by molar-refractivity contribution is -0.138. The first-order chi connectivity index (χ1) is 6.70. The second-order valence-corrected chi connectivity index (χ2v) is 3.16. The third-order valence-corrected chi connectivity index (χ3v) is 2.26. The van der Waals surface area contributed by atoms with Crippen molar-refractivity contribution < 1.29 is 14.4 Å². The fourth-order valence-electron chi connectivity index (χ4n) is 1.40. The summed E-state index contributed by atoms with van der Waals surface area (Å²) < 4.78 is 4.79. The Labute approximate surface area is 80.1 Å². The number of nitrogens with zero attached hydrogens (tertiary/aromatic N) is 1. The number of hydrogen-bond acceptors (Lipinski definition) is 3. The normalized spacial score (nSPS) is 12.9. The molecule has 1 unspecified atom stereocenters. The van der Waals surface area contributed by atoms with Crippen molar-refractivity contribution in [3.63, 3.8) is 0 Å². The van der Waals surface area contributed by atoms with Crippen LogP contribution in [0.1, 0.15) is 18.4 Å². The Morgan fingerprint density at radius 1 is 1.57 bits per heavy atom. The molecule has 0 amide bonds. The van der Waals surface area contributed by atoms with Crippen LogP contribution in [-0.4, -0.2) is 16.2 Å². The van der Waals surface area contributed by atoms with Gasteiger partial charge in [-0.2, -0.15) is 0 Å². The lowest BCUT2D eigenvalue weighted by Crippen LogP contribution is -2.07. The molecule has 0 bridgehead atoms. The number of carboxylic acid groups (broad SMARTS) is 1. The Hall–Kier alpha value is -1.84. The zero-order valence-corrected chi connectivity index (χ0v) is 7.60.